The fourth-order valence-corrected chi connectivity index (χ4v) is 3.46. The molecule has 1 heterocycles. The number of ether oxygens (including phenoxy) is 1. The van der Waals surface area contributed by atoms with Crippen LogP contribution in [0.25, 0.3) is 0 Å². The summed E-state index contributed by atoms with van der Waals surface area (Å²) in [6.07, 6.45) is 0.606. The van der Waals surface area contributed by atoms with Crippen molar-refractivity contribution >= 4 is 5.91 Å². The van der Waals surface area contributed by atoms with E-state index in [0.717, 1.165) is 11.1 Å². The maximum absolute atomic E-state index is 13.4. The molecule has 1 aliphatic heterocycles. The van der Waals surface area contributed by atoms with Gasteiger partial charge in [0, 0.05) is 31.7 Å². The number of hydrogen-bond acceptors (Lipinski definition) is 3. The van der Waals surface area contributed by atoms with Gasteiger partial charge in [-0.2, -0.15) is 0 Å². The Morgan fingerprint density at radius 1 is 1.23 bits per heavy atom. The SMILES string of the molecule is COCc1ccc(C(=O)N2CC[C@H](O)[C@H](Cc3cccc(F)c3)C2)cc1. The summed E-state index contributed by atoms with van der Waals surface area (Å²) in [5.74, 6) is -0.413. The summed E-state index contributed by atoms with van der Waals surface area (Å²) in [7, 11) is 1.64. The molecule has 1 aliphatic rings. The first-order valence-corrected chi connectivity index (χ1v) is 8.86. The molecule has 0 aliphatic carbocycles. The molecule has 26 heavy (non-hydrogen) atoms. The number of aliphatic hydroxyl groups is 1. The summed E-state index contributed by atoms with van der Waals surface area (Å²) in [4.78, 5) is 14.6. The molecule has 0 unspecified atom stereocenters. The second-order valence-corrected chi connectivity index (χ2v) is 6.83. The van der Waals surface area contributed by atoms with E-state index in [1.165, 1.54) is 12.1 Å². The van der Waals surface area contributed by atoms with Gasteiger partial charge in [-0.15, -0.1) is 0 Å². The molecule has 1 fully saturated rings. The van der Waals surface area contributed by atoms with Crippen LogP contribution >= 0.6 is 0 Å². The summed E-state index contributed by atoms with van der Waals surface area (Å²) < 4.78 is 18.5. The van der Waals surface area contributed by atoms with Gasteiger partial charge in [0.1, 0.15) is 5.82 Å². The maximum Gasteiger partial charge on any atom is 0.253 e. The first-order valence-electron chi connectivity index (χ1n) is 8.86. The highest BCUT2D eigenvalue weighted by Crippen LogP contribution is 2.23. The van der Waals surface area contributed by atoms with Gasteiger partial charge >= 0.3 is 0 Å². The van der Waals surface area contributed by atoms with Crippen molar-refractivity contribution in [3.63, 3.8) is 0 Å². The fourth-order valence-electron chi connectivity index (χ4n) is 3.46. The zero-order chi connectivity index (χ0) is 18.5. The number of benzene rings is 2. The van der Waals surface area contributed by atoms with E-state index in [1.54, 1.807) is 18.1 Å². The number of rotatable bonds is 5. The van der Waals surface area contributed by atoms with Crippen molar-refractivity contribution in [3.05, 3.63) is 71.0 Å². The molecule has 0 bridgehead atoms. The number of amides is 1. The molecule has 1 amide bonds. The lowest BCUT2D eigenvalue weighted by Gasteiger charge is -2.36. The number of aliphatic hydroxyl groups excluding tert-OH is 1. The number of nitrogens with zero attached hydrogens (tertiary/aromatic N) is 1. The molecule has 2 atom stereocenters. The van der Waals surface area contributed by atoms with Crippen LogP contribution in [0, 0.1) is 11.7 Å². The number of carbonyl (C=O) groups is 1. The monoisotopic (exact) mass is 357 g/mol. The van der Waals surface area contributed by atoms with Gasteiger partial charge in [0.15, 0.2) is 0 Å². The zero-order valence-corrected chi connectivity index (χ0v) is 14.9. The van der Waals surface area contributed by atoms with Gasteiger partial charge in [-0.1, -0.05) is 24.3 Å². The fraction of sp³-hybridized carbons (Fsp3) is 0.381. The van der Waals surface area contributed by atoms with Crippen molar-refractivity contribution in [3.8, 4) is 0 Å². The lowest BCUT2D eigenvalue weighted by molar-refractivity contribution is 0.0241. The average molecular weight is 357 g/mol. The predicted octanol–water partition coefficient (Wildman–Crippen LogP) is 3.04. The molecule has 4 nitrogen and oxygen atoms in total. The van der Waals surface area contributed by atoms with Crippen LogP contribution in [0.4, 0.5) is 4.39 Å². The minimum absolute atomic E-state index is 0.0369. The van der Waals surface area contributed by atoms with Gasteiger partial charge in [-0.05, 0) is 48.2 Å². The third-order valence-corrected chi connectivity index (χ3v) is 4.88. The average Bonchev–Trinajstić information content (AvgIpc) is 2.64. The topological polar surface area (TPSA) is 49.8 Å². The third kappa shape index (κ3) is 4.48. The van der Waals surface area contributed by atoms with E-state index >= 15 is 0 Å². The molecular formula is C21H24FNO3. The van der Waals surface area contributed by atoms with Crippen LogP contribution in [0.5, 0.6) is 0 Å². The van der Waals surface area contributed by atoms with Crippen molar-refractivity contribution in [1.29, 1.82) is 0 Å². The lowest BCUT2D eigenvalue weighted by atomic mass is 9.88. The Bertz CT molecular complexity index is 747. The number of halogens is 1. The summed E-state index contributed by atoms with van der Waals surface area (Å²) in [5, 5.41) is 10.3. The third-order valence-electron chi connectivity index (χ3n) is 4.88. The molecule has 138 valence electrons. The van der Waals surface area contributed by atoms with Gasteiger partial charge in [0.2, 0.25) is 0 Å². The quantitative estimate of drug-likeness (QED) is 0.895. The van der Waals surface area contributed by atoms with E-state index in [1.807, 2.05) is 30.3 Å². The molecule has 0 saturated carbocycles. The highest BCUT2D eigenvalue weighted by molar-refractivity contribution is 5.94. The number of piperidine rings is 1. The molecule has 3 rings (SSSR count). The Hall–Kier alpha value is -2.24. The van der Waals surface area contributed by atoms with Gasteiger partial charge in [-0.3, -0.25) is 4.79 Å². The number of hydrogen-bond donors (Lipinski definition) is 1. The second-order valence-electron chi connectivity index (χ2n) is 6.83. The van der Waals surface area contributed by atoms with E-state index in [2.05, 4.69) is 0 Å². The Labute approximate surface area is 153 Å². The van der Waals surface area contributed by atoms with Gasteiger partial charge in [0.05, 0.1) is 12.7 Å². The molecule has 5 heteroatoms. The lowest BCUT2D eigenvalue weighted by Crippen LogP contribution is -2.46. The molecular weight excluding hydrogens is 333 g/mol. The molecule has 0 radical (unpaired) electrons. The Morgan fingerprint density at radius 2 is 2.00 bits per heavy atom. The van der Waals surface area contributed by atoms with E-state index < -0.39 is 6.10 Å². The van der Waals surface area contributed by atoms with Crippen LogP contribution in [-0.4, -0.2) is 42.2 Å². The van der Waals surface area contributed by atoms with Crippen molar-refractivity contribution in [2.75, 3.05) is 20.2 Å². The highest BCUT2D eigenvalue weighted by Gasteiger charge is 2.30. The van der Waals surface area contributed by atoms with Crippen molar-refractivity contribution in [2.45, 2.75) is 25.6 Å². The summed E-state index contributed by atoms with van der Waals surface area (Å²) in [5.41, 5.74) is 2.49. The maximum atomic E-state index is 13.4. The summed E-state index contributed by atoms with van der Waals surface area (Å²) >= 11 is 0. The molecule has 1 saturated heterocycles. The van der Waals surface area contributed by atoms with Crippen LogP contribution in [0.3, 0.4) is 0 Å². The first-order chi connectivity index (χ1) is 12.6. The minimum atomic E-state index is -0.480. The molecule has 1 N–H and O–H groups in total. The zero-order valence-electron chi connectivity index (χ0n) is 14.9. The Kier molecular flexibility index (Phi) is 6.01. The smallest absolute Gasteiger partial charge is 0.253 e. The van der Waals surface area contributed by atoms with Crippen LogP contribution < -0.4 is 0 Å². The summed E-state index contributed by atoms with van der Waals surface area (Å²) in [6, 6.07) is 13.8. The van der Waals surface area contributed by atoms with Gasteiger partial charge in [-0.25, -0.2) is 4.39 Å². The largest absolute Gasteiger partial charge is 0.393 e. The normalized spacial score (nSPS) is 20.2. The first kappa shape index (κ1) is 18.5. The molecule has 0 aromatic heterocycles. The number of carbonyl (C=O) groups excluding carboxylic acids is 1. The Morgan fingerprint density at radius 3 is 2.69 bits per heavy atom. The molecule has 0 spiro atoms. The van der Waals surface area contributed by atoms with E-state index in [9.17, 15) is 14.3 Å². The van der Waals surface area contributed by atoms with E-state index in [4.69, 9.17) is 4.74 Å². The van der Waals surface area contributed by atoms with E-state index in [0.29, 0.717) is 38.1 Å². The minimum Gasteiger partial charge on any atom is -0.393 e. The van der Waals surface area contributed by atoms with Crippen LogP contribution in [0.15, 0.2) is 48.5 Å². The van der Waals surface area contributed by atoms with Crippen LogP contribution in [-0.2, 0) is 17.8 Å². The Balaban J connectivity index is 1.67. The van der Waals surface area contributed by atoms with Crippen molar-refractivity contribution in [2.24, 2.45) is 5.92 Å². The van der Waals surface area contributed by atoms with E-state index in [-0.39, 0.29) is 17.6 Å². The second kappa shape index (κ2) is 8.43. The predicted molar refractivity (Wildman–Crippen MR) is 97.3 cm³/mol. The standard InChI is InChI=1S/C21H24FNO3/c1-26-14-15-5-7-17(8-6-15)21(25)23-10-9-20(24)18(13-23)11-16-3-2-4-19(22)12-16/h2-8,12,18,20,24H,9-11,13-14H2,1H3/t18-,20+/m1/s1. The van der Waals surface area contributed by atoms with Crippen molar-refractivity contribution in [1.82, 2.24) is 4.90 Å². The number of methoxy groups -OCH3 is 1. The van der Waals surface area contributed by atoms with Gasteiger partial charge in [0.25, 0.3) is 5.91 Å². The molecule has 2 aromatic rings. The van der Waals surface area contributed by atoms with Gasteiger partial charge < -0.3 is 14.7 Å². The van der Waals surface area contributed by atoms with Crippen LogP contribution in [0.2, 0.25) is 0 Å². The van der Waals surface area contributed by atoms with Crippen molar-refractivity contribution < 1.29 is 19.0 Å². The highest BCUT2D eigenvalue weighted by atomic mass is 19.1. The van der Waals surface area contributed by atoms with Crippen LogP contribution in [0.1, 0.15) is 27.9 Å². The number of likely N-dealkylation sites (tertiary alicyclic amines) is 1. The summed E-state index contributed by atoms with van der Waals surface area (Å²) in [6.45, 7) is 1.51. The molecule has 2 aromatic carbocycles.